The number of amides is 1. The Morgan fingerprint density at radius 2 is 2.32 bits per heavy atom. The molecule has 1 amide bonds. The highest BCUT2D eigenvalue weighted by Crippen LogP contribution is 2.25. The van der Waals surface area contributed by atoms with Crippen molar-refractivity contribution in [3.8, 4) is 11.9 Å². The van der Waals surface area contributed by atoms with Gasteiger partial charge >= 0.3 is 0 Å². The van der Waals surface area contributed by atoms with E-state index in [1.54, 1.807) is 6.92 Å². The Bertz CT molecular complexity index is 506. The molecular weight excluding hydrogens is 244 g/mol. The van der Waals surface area contributed by atoms with Crippen LogP contribution in [0.3, 0.4) is 0 Å². The van der Waals surface area contributed by atoms with Crippen molar-refractivity contribution in [1.29, 1.82) is 5.26 Å². The maximum atomic E-state index is 11.7. The molecule has 0 saturated carbocycles. The molecule has 0 aliphatic rings. The molecule has 1 aromatic heterocycles. The van der Waals surface area contributed by atoms with Crippen LogP contribution < -0.4 is 15.8 Å². The van der Waals surface area contributed by atoms with Crippen LogP contribution >= 0.6 is 0 Å². The second-order valence-electron chi connectivity index (χ2n) is 4.47. The third-order valence-electron chi connectivity index (χ3n) is 2.27. The van der Waals surface area contributed by atoms with Crippen molar-refractivity contribution in [2.75, 3.05) is 17.7 Å². The van der Waals surface area contributed by atoms with E-state index in [1.807, 2.05) is 19.9 Å². The Morgan fingerprint density at radius 3 is 2.84 bits per heavy atom. The lowest BCUT2D eigenvalue weighted by atomic mass is 10.1. The molecule has 0 spiro atoms. The predicted molar refractivity (Wildman–Crippen MR) is 72.6 cm³/mol. The summed E-state index contributed by atoms with van der Waals surface area (Å²) in [6, 6.07) is 3.39. The molecule has 6 nitrogen and oxygen atoms in total. The molecule has 19 heavy (non-hydrogen) atoms. The zero-order valence-electron chi connectivity index (χ0n) is 11.4. The Morgan fingerprint density at radius 1 is 1.63 bits per heavy atom. The van der Waals surface area contributed by atoms with E-state index in [-0.39, 0.29) is 29.0 Å². The summed E-state index contributed by atoms with van der Waals surface area (Å²) in [5, 5.41) is 11.6. The standard InChI is InChI=1S/C13H18N4O2/c1-4-19-13-9(7-14)10(15)6-11(17-13)16-12(18)5-8(2)3/h6,8H,4-5H2,1-3H3,(H3,15,16,17,18). The van der Waals surface area contributed by atoms with Gasteiger partial charge in [-0.25, -0.2) is 0 Å². The first-order chi connectivity index (χ1) is 8.97. The van der Waals surface area contributed by atoms with Gasteiger partial charge in [-0.2, -0.15) is 10.2 Å². The van der Waals surface area contributed by atoms with Gasteiger partial charge in [0.25, 0.3) is 0 Å². The minimum atomic E-state index is -0.144. The second kappa shape index (κ2) is 6.59. The smallest absolute Gasteiger partial charge is 0.235 e. The largest absolute Gasteiger partial charge is 0.477 e. The molecule has 1 rings (SSSR count). The van der Waals surface area contributed by atoms with Crippen molar-refractivity contribution in [2.24, 2.45) is 5.92 Å². The normalized spacial score (nSPS) is 10.1. The number of nitrogen functional groups attached to an aromatic ring is 1. The van der Waals surface area contributed by atoms with E-state index in [2.05, 4.69) is 10.3 Å². The number of nitrogens with zero attached hydrogens (tertiary/aromatic N) is 2. The van der Waals surface area contributed by atoms with Gasteiger partial charge in [-0.15, -0.1) is 0 Å². The number of nitrogens with one attached hydrogen (secondary N) is 1. The first-order valence-electron chi connectivity index (χ1n) is 6.11. The zero-order valence-corrected chi connectivity index (χ0v) is 11.4. The van der Waals surface area contributed by atoms with Crippen LogP contribution in [-0.4, -0.2) is 17.5 Å². The lowest BCUT2D eigenvalue weighted by Gasteiger charge is -2.11. The quantitative estimate of drug-likeness (QED) is 0.844. The Balaban J connectivity index is 2.98. The number of carbonyl (C=O) groups excluding carboxylic acids is 1. The van der Waals surface area contributed by atoms with Crippen molar-refractivity contribution < 1.29 is 9.53 Å². The molecule has 0 atom stereocenters. The molecule has 0 unspecified atom stereocenters. The second-order valence-corrected chi connectivity index (χ2v) is 4.47. The molecule has 1 aromatic rings. The Hall–Kier alpha value is -2.29. The number of hydrogen-bond acceptors (Lipinski definition) is 5. The number of ether oxygens (including phenoxy) is 1. The van der Waals surface area contributed by atoms with Crippen LogP contribution in [0, 0.1) is 17.2 Å². The number of hydrogen-bond donors (Lipinski definition) is 2. The molecule has 0 aromatic carbocycles. The molecule has 102 valence electrons. The third kappa shape index (κ3) is 4.14. The van der Waals surface area contributed by atoms with E-state index in [9.17, 15) is 4.79 Å². The molecule has 6 heteroatoms. The van der Waals surface area contributed by atoms with Gasteiger partial charge in [-0.3, -0.25) is 4.79 Å². The lowest BCUT2D eigenvalue weighted by Crippen LogP contribution is -2.15. The SMILES string of the molecule is CCOc1nc(NC(=O)CC(C)C)cc(N)c1C#N. The van der Waals surface area contributed by atoms with Gasteiger partial charge in [0, 0.05) is 12.5 Å². The van der Waals surface area contributed by atoms with E-state index in [4.69, 9.17) is 15.7 Å². The first-order valence-corrected chi connectivity index (χ1v) is 6.11. The predicted octanol–water partition coefficient (Wildman–Crippen LogP) is 1.92. The summed E-state index contributed by atoms with van der Waals surface area (Å²) in [5.74, 6) is 0.548. The fraction of sp³-hybridized carbons (Fsp3) is 0.462. The highest BCUT2D eigenvalue weighted by atomic mass is 16.5. The number of rotatable bonds is 5. The van der Waals surface area contributed by atoms with Crippen LogP contribution in [0.5, 0.6) is 5.88 Å². The van der Waals surface area contributed by atoms with Crippen LogP contribution in [0.25, 0.3) is 0 Å². The van der Waals surface area contributed by atoms with Crippen LogP contribution in [-0.2, 0) is 4.79 Å². The minimum absolute atomic E-state index is 0.143. The van der Waals surface area contributed by atoms with Crippen LogP contribution in [0.15, 0.2) is 6.07 Å². The van der Waals surface area contributed by atoms with Gasteiger partial charge in [-0.05, 0) is 12.8 Å². The van der Waals surface area contributed by atoms with E-state index < -0.39 is 0 Å². The number of aromatic nitrogens is 1. The molecule has 0 radical (unpaired) electrons. The lowest BCUT2D eigenvalue weighted by molar-refractivity contribution is -0.116. The van der Waals surface area contributed by atoms with Gasteiger partial charge in [0.2, 0.25) is 11.8 Å². The van der Waals surface area contributed by atoms with Crippen LogP contribution in [0.2, 0.25) is 0 Å². The van der Waals surface area contributed by atoms with E-state index in [0.717, 1.165) is 0 Å². The molecule has 0 aliphatic carbocycles. The summed E-state index contributed by atoms with van der Waals surface area (Å²) in [6.07, 6.45) is 0.394. The van der Waals surface area contributed by atoms with Crippen molar-refractivity contribution in [1.82, 2.24) is 4.98 Å². The van der Waals surface area contributed by atoms with Gasteiger partial charge in [0.15, 0.2) is 0 Å². The summed E-state index contributed by atoms with van der Waals surface area (Å²) >= 11 is 0. The summed E-state index contributed by atoms with van der Waals surface area (Å²) in [4.78, 5) is 15.7. The van der Waals surface area contributed by atoms with Gasteiger partial charge < -0.3 is 15.8 Å². The Labute approximate surface area is 112 Å². The fourth-order valence-electron chi connectivity index (χ4n) is 1.52. The van der Waals surface area contributed by atoms with Crippen molar-refractivity contribution >= 4 is 17.4 Å². The number of anilines is 2. The topological polar surface area (TPSA) is 101 Å². The maximum absolute atomic E-state index is 11.7. The molecule has 0 aliphatic heterocycles. The first kappa shape index (κ1) is 14.8. The summed E-state index contributed by atoms with van der Waals surface area (Å²) in [7, 11) is 0. The van der Waals surface area contributed by atoms with Crippen molar-refractivity contribution in [2.45, 2.75) is 27.2 Å². The number of pyridine rings is 1. The maximum Gasteiger partial charge on any atom is 0.235 e. The molecule has 1 heterocycles. The monoisotopic (exact) mass is 262 g/mol. The number of nitrogens with two attached hydrogens (primary N) is 1. The van der Waals surface area contributed by atoms with Gasteiger partial charge in [0.1, 0.15) is 17.5 Å². The number of carbonyl (C=O) groups is 1. The molecule has 0 fully saturated rings. The number of nitriles is 1. The average molecular weight is 262 g/mol. The molecule has 0 saturated heterocycles. The third-order valence-corrected chi connectivity index (χ3v) is 2.27. The Kier molecular flexibility index (Phi) is 5.12. The van der Waals surface area contributed by atoms with Crippen LogP contribution in [0.4, 0.5) is 11.5 Å². The van der Waals surface area contributed by atoms with Crippen LogP contribution in [0.1, 0.15) is 32.8 Å². The highest BCUT2D eigenvalue weighted by Gasteiger charge is 2.13. The van der Waals surface area contributed by atoms with Gasteiger partial charge in [-0.1, -0.05) is 13.8 Å². The van der Waals surface area contributed by atoms with Crippen molar-refractivity contribution in [3.63, 3.8) is 0 Å². The molecule has 3 N–H and O–H groups in total. The highest BCUT2D eigenvalue weighted by molar-refractivity contribution is 5.90. The molecule has 0 bridgehead atoms. The molecular formula is C13H18N4O2. The minimum Gasteiger partial charge on any atom is -0.477 e. The summed E-state index contributed by atoms with van der Waals surface area (Å²) in [6.45, 7) is 6.05. The average Bonchev–Trinajstić information content (AvgIpc) is 2.27. The van der Waals surface area contributed by atoms with Gasteiger partial charge in [0.05, 0.1) is 12.3 Å². The summed E-state index contributed by atoms with van der Waals surface area (Å²) < 4.78 is 5.25. The fourth-order valence-corrected chi connectivity index (χ4v) is 1.52. The van der Waals surface area contributed by atoms with E-state index in [0.29, 0.717) is 18.8 Å². The van der Waals surface area contributed by atoms with E-state index in [1.165, 1.54) is 6.07 Å². The summed E-state index contributed by atoms with van der Waals surface area (Å²) in [5.41, 5.74) is 6.17. The zero-order chi connectivity index (χ0) is 14.4. The van der Waals surface area contributed by atoms with Crippen molar-refractivity contribution in [3.05, 3.63) is 11.6 Å². The van der Waals surface area contributed by atoms with E-state index >= 15 is 0 Å².